The lowest BCUT2D eigenvalue weighted by Gasteiger charge is -2.29. The predicted octanol–water partition coefficient (Wildman–Crippen LogP) is 3.64. The van der Waals surface area contributed by atoms with Gasteiger partial charge in [0.15, 0.2) is 0 Å². The molecule has 5 rings (SSSR count). The normalized spacial score (nSPS) is 18.3. The number of aromatic nitrogens is 1. The average molecular weight is 720 g/mol. The van der Waals surface area contributed by atoms with Crippen LogP contribution in [0.4, 0.5) is 0 Å². The number of likely N-dealkylation sites (N-methyl/N-ethyl adjacent to an activating group) is 1. The van der Waals surface area contributed by atoms with Crippen LogP contribution in [-0.4, -0.2) is 105 Å². The fraction of sp³-hybridized carbons (Fsp3) is 0.500. The molecule has 0 bridgehead atoms. The lowest BCUT2D eigenvalue weighted by molar-refractivity contribution is -0.147. The van der Waals surface area contributed by atoms with E-state index in [0.717, 1.165) is 64.1 Å². The second-order valence-electron chi connectivity index (χ2n) is 12.8. The molecule has 5 unspecified atom stereocenters. The van der Waals surface area contributed by atoms with Gasteiger partial charge in [-0.05, 0) is 80.0 Å². The Morgan fingerprint density at radius 2 is 1.67 bits per heavy atom. The van der Waals surface area contributed by atoms with Crippen LogP contribution in [0.3, 0.4) is 0 Å². The molecule has 0 radical (unpaired) electrons. The van der Waals surface area contributed by atoms with E-state index in [-0.39, 0.29) is 25.9 Å². The molecule has 2 fully saturated rings. The molecule has 1 amide bonds. The van der Waals surface area contributed by atoms with Crippen molar-refractivity contribution < 1.29 is 44.5 Å². The highest BCUT2D eigenvalue weighted by Gasteiger charge is 2.48. The fourth-order valence-corrected chi connectivity index (χ4v) is 6.19. The van der Waals surface area contributed by atoms with Gasteiger partial charge in [-0.3, -0.25) is 9.78 Å². The van der Waals surface area contributed by atoms with E-state index >= 15 is 0 Å². The van der Waals surface area contributed by atoms with Gasteiger partial charge in [0.1, 0.15) is 36.3 Å². The Morgan fingerprint density at radius 1 is 1.00 bits per heavy atom. The van der Waals surface area contributed by atoms with E-state index in [2.05, 4.69) is 11.1 Å². The summed E-state index contributed by atoms with van der Waals surface area (Å²) in [6, 6.07) is 13.6. The highest BCUT2D eigenvalue weighted by atomic mass is 35.5. The summed E-state index contributed by atoms with van der Waals surface area (Å²) in [5.74, 6) is 0.393. The Hall–Kier alpha value is -2.84. The van der Waals surface area contributed by atoms with Gasteiger partial charge < -0.3 is 44.6 Å². The smallest absolute Gasteiger partial charge is 0.251 e. The van der Waals surface area contributed by atoms with E-state index in [4.69, 9.17) is 42.5 Å². The molecule has 11 nitrogen and oxygen atoms in total. The number of amides is 1. The van der Waals surface area contributed by atoms with Crippen LogP contribution >= 0.6 is 23.2 Å². The number of ether oxygens (including phenoxy) is 3. The third-order valence-electron chi connectivity index (χ3n) is 8.98. The molecule has 2 aromatic carbocycles. The zero-order chi connectivity index (χ0) is 35.3. The third-order valence-corrected chi connectivity index (χ3v) is 9.68. The zero-order valence-electron chi connectivity index (χ0n) is 27.5. The first-order valence-electron chi connectivity index (χ1n) is 16.4. The van der Waals surface area contributed by atoms with Crippen molar-refractivity contribution in [1.29, 1.82) is 0 Å². The predicted molar refractivity (Wildman–Crippen MR) is 183 cm³/mol. The number of aliphatic hydroxyl groups excluding tert-OH is 5. The van der Waals surface area contributed by atoms with Gasteiger partial charge in [-0.1, -0.05) is 41.4 Å². The van der Waals surface area contributed by atoms with Crippen molar-refractivity contribution in [3.63, 3.8) is 0 Å². The maximum Gasteiger partial charge on any atom is 0.251 e. The van der Waals surface area contributed by atoms with Gasteiger partial charge in [0, 0.05) is 47.2 Å². The summed E-state index contributed by atoms with van der Waals surface area (Å²) in [4.78, 5) is 18.4. The second kappa shape index (κ2) is 16.5. The number of hydrogen-bond acceptors (Lipinski definition) is 10. The van der Waals surface area contributed by atoms with Gasteiger partial charge in [-0.15, -0.1) is 0 Å². The minimum Gasteiger partial charge on any atom is -0.490 e. The molecular weight excluding hydrogens is 675 g/mol. The van der Waals surface area contributed by atoms with Crippen LogP contribution in [0.25, 0.3) is 11.1 Å². The van der Waals surface area contributed by atoms with Crippen molar-refractivity contribution >= 4 is 29.1 Å². The van der Waals surface area contributed by atoms with Crippen LogP contribution in [-0.2, 0) is 32.9 Å². The van der Waals surface area contributed by atoms with E-state index in [9.17, 15) is 25.2 Å². The SMILES string of the molecule is CC(OCCc1cc(Cl)c(COC2(c3cnccc3-c3ccccc3OC3CC3)CC2)cc1Cl)C(=O)N(C)CC(O)C(O)C(O)C(O)CO. The minimum absolute atomic E-state index is 0.151. The summed E-state index contributed by atoms with van der Waals surface area (Å²) < 4.78 is 18.5. The van der Waals surface area contributed by atoms with Crippen molar-refractivity contribution in [2.75, 3.05) is 26.8 Å². The number of rotatable bonds is 18. The molecule has 0 saturated heterocycles. The monoisotopic (exact) mass is 718 g/mol. The summed E-state index contributed by atoms with van der Waals surface area (Å²) >= 11 is 13.3. The first-order chi connectivity index (χ1) is 23.4. The van der Waals surface area contributed by atoms with Gasteiger partial charge in [0.25, 0.3) is 5.91 Å². The molecule has 0 aliphatic heterocycles. The van der Waals surface area contributed by atoms with Crippen LogP contribution < -0.4 is 4.74 Å². The number of halogens is 2. The fourth-order valence-electron chi connectivity index (χ4n) is 5.67. The van der Waals surface area contributed by atoms with Gasteiger partial charge in [0.2, 0.25) is 0 Å². The van der Waals surface area contributed by atoms with Crippen molar-refractivity contribution in [2.24, 2.45) is 0 Å². The lowest BCUT2D eigenvalue weighted by atomic mass is 9.96. The average Bonchev–Trinajstić information content (AvgIpc) is 4.05. The number of nitrogens with zero attached hydrogens (tertiary/aromatic N) is 2. The molecular formula is C36H44Cl2N2O9. The maximum atomic E-state index is 12.8. The Morgan fingerprint density at radius 3 is 2.37 bits per heavy atom. The molecule has 49 heavy (non-hydrogen) atoms. The molecule has 3 aromatic rings. The van der Waals surface area contributed by atoms with Crippen LogP contribution in [0, 0.1) is 0 Å². The summed E-state index contributed by atoms with van der Waals surface area (Å²) in [5, 5.41) is 49.5. The molecule has 2 saturated carbocycles. The Labute approximate surface area is 296 Å². The van der Waals surface area contributed by atoms with Crippen LogP contribution in [0.15, 0.2) is 54.9 Å². The number of hydrogen-bond donors (Lipinski definition) is 5. The molecule has 2 aliphatic rings. The number of para-hydroxylation sites is 1. The highest BCUT2D eigenvalue weighted by molar-refractivity contribution is 6.34. The van der Waals surface area contributed by atoms with E-state index in [1.807, 2.05) is 30.5 Å². The molecule has 0 spiro atoms. The zero-order valence-corrected chi connectivity index (χ0v) is 29.1. The van der Waals surface area contributed by atoms with Crippen LogP contribution in [0.5, 0.6) is 5.75 Å². The first kappa shape index (κ1) is 37.4. The summed E-state index contributed by atoms with van der Waals surface area (Å²) in [6.07, 6.45) is 0.503. The van der Waals surface area contributed by atoms with E-state index in [0.29, 0.717) is 16.5 Å². The number of aliphatic hydroxyl groups is 5. The molecule has 5 atom stereocenters. The molecule has 1 aromatic heterocycles. The molecule has 266 valence electrons. The van der Waals surface area contributed by atoms with Crippen molar-refractivity contribution in [2.45, 2.75) is 87.9 Å². The first-order valence-corrected chi connectivity index (χ1v) is 17.2. The largest absolute Gasteiger partial charge is 0.490 e. The molecule has 5 N–H and O–H groups in total. The topological polar surface area (TPSA) is 162 Å². The van der Waals surface area contributed by atoms with E-state index < -0.39 is 48.6 Å². The molecule has 2 aliphatic carbocycles. The van der Waals surface area contributed by atoms with Crippen LogP contribution in [0.1, 0.15) is 49.3 Å². The quantitative estimate of drug-likeness (QED) is 0.131. The van der Waals surface area contributed by atoms with Gasteiger partial charge in [-0.2, -0.15) is 0 Å². The number of benzene rings is 2. The number of carbonyl (C=O) groups is 1. The van der Waals surface area contributed by atoms with Gasteiger partial charge in [0.05, 0.1) is 31.5 Å². The Bertz CT molecular complexity index is 1590. The highest BCUT2D eigenvalue weighted by Crippen LogP contribution is 2.53. The van der Waals surface area contributed by atoms with Gasteiger partial charge >= 0.3 is 0 Å². The Balaban J connectivity index is 1.15. The summed E-state index contributed by atoms with van der Waals surface area (Å²) in [5.41, 5.74) is 4.05. The lowest BCUT2D eigenvalue weighted by Crippen LogP contribution is -2.51. The maximum absolute atomic E-state index is 12.8. The molecule has 13 heteroatoms. The van der Waals surface area contributed by atoms with Crippen molar-refractivity contribution in [3.05, 3.63) is 81.6 Å². The third kappa shape index (κ3) is 9.29. The second-order valence-corrected chi connectivity index (χ2v) is 13.6. The van der Waals surface area contributed by atoms with Crippen molar-refractivity contribution in [3.8, 4) is 16.9 Å². The van der Waals surface area contributed by atoms with Crippen molar-refractivity contribution in [1.82, 2.24) is 9.88 Å². The molecule has 1 heterocycles. The summed E-state index contributed by atoms with van der Waals surface area (Å²) in [6.45, 7) is 0.827. The minimum atomic E-state index is -1.78. The number of carbonyl (C=O) groups excluding carboxylic acids is 1. The van der Waals surface area contributed by atoms with E-state index in [1.165, 1.54) is 7.05 Å². The standard InChI is InChI=1S/C36H44Cl2N2O9/c1-21(35(46)40(2)18-30(42)33(44)34(45)31(43)19-41)47-14-10-22-15-29(38)23(16-28(22)37)20-48-36(11-12-36)27-17-39-13-9-25(27)26-5-3-4-6-32(26)49-24-7-8-24/h3-6,9,13,15-17,21,24,30-31,33-34,41-45H,7-8,10-12,14,18-20H2,1-2H3. The van der Waals surface area contributed by atoms with Crippen LogP contribution in [0.2, 0.25) is 10.0 Å². The van der Waals surface area contributed by atoms with Gasteiger partial charge in [-0.25, -0.2) is 0 Å². The summed E-state index contributed by atoms with van der Waals surface area (Å²) in [7, 11) is 1.41. The number of pyridine rings is 1. The van der Waals surface area contributed by atoms with E-state index in [1.54, 1.807) is 25.3 Å². The Kier molecular flexibility index (Phi) is 12.6.